The van der Waals surface area contributed by atoms with Gasteiger partial charge >= 0.3 is 6.09 Å². The molecule has 1 rings (SSSR count). The summed E-state index contributed by atoms with van der Waals surface area (Å²) < 4.78 is 5.38. The number of carbonyl (C=O) groups is 2. The highest BCUT2D eigenvalue weighted by Crippen LogP contribution is 2.21. The summed E-state index contributed by atoms with van der Waals surface area (Å²) >= 11 is 0. The molecule has 0 bridgehead atoms. The Hall–Kier alpha value is -1.52. The summed E-state index contributed by atoms with van der Waals surface area (Å²) in [6, 6.07) is 0.0312. The maximum absolute atomic E-state index is 12.1. The van der Waals surface area contributed by atoms with E-state index in [2.05, 4.69) is 6.58 Å². The number of nitrogens with zero attached hydrogens (tertiary/aromatic N) is 2. The Morgan fingerprint density at radius 3 is 2.63 bits per heavy atom. The molecule has 19 heavy (non-hydrogen) atoms. The van der Waals surface area contributed by atoms with E-state index in [1.165, 1.54) is 6.08 Å². The van der Waals surface area contributed by atoms with Gasteiger partial charge in [-0.1, -0.05) is 6.58 Å². The van der Waals surface area contributed by atoms with Crippen molar-refractivity contribution in [1.82, 2.24) is 9.80 Å². The summed E-state index contributed by atoms with van der Waals surface area (Å²) in [6.07, 6.45) is 2.83. The first-order valence-corrected chi connectivity index (χ1v) is 6.61. The molecule has 0 spiro atoms. The van der Waals surface area contributed by atoms with Crippen molar-refractivity contribution in [3.05, 3.63) is 12.7 Å². The maximum Gasteiger partial charge on any atom is 0.410 e. The lowest BCUT2D eigenvalue weighted by Gasteiger charge is -2.30. The van der Waals surface area contributed by atoms with Crippen molar-refractivity contribution >= 4 is 12.0 Å². The smallest absolute Gasteiger partial charge is 0.410 e. The van der Waals surface area contributed by atoms with Crippen molar-refractivity contribution in [3.63, 3.8) is 0 Å². The molecule has 1 fully saturated rings. The van der Waals surface area contributed by atoms with Gasteiger partial charge in [0.1, 0.15) is 5.60 Å². The average Bonchev–Trinajstić information content (AvgIpc) is 2.73. The Morgan fingerprint density at radius 1 is 1.47 bits per heavy atom. The van der Waals surface area contributed by atoms with Gasteiger partial charge < -0.3 is 14.5 Å². The highest BCUT2D eigenvalue weighted by molar-refractivity contribution is 5.86. The van der Waals surface area contributed by atoms with Crippen molar-refractivity contribution in [2.45, 2.75) is 45.3 Å². The molecule has 5 nitrogen and oxygen atoms in total. The quantitative estimate of drug-likeness (QED) is 0.736. The Labute approximate surface area is 115 Å². The lowest BCUT2D eigenvalue weighted by molar-refractivity contribution is -0.125. The minimum atomic E-state index is -0.493. The zero-order chi connectivity index (χ0) is 14.6. The summed E-state index contributed by atoms with van der Waals surface area (Å²) in [4.78, 5) is 26.9. The second-order valence-corrected chi connectivity index (χ2v) is 5.89. The number of likely N-dealkylation sites (N-methyl/N-ethyl adjacent to an activating group) is 1. The van der Waals surface area contributed by atoms with Crippen LogP contribution in [0.3, 0.4) is 0 Å². The molecule has 0 saturated carbocycles. The zero-order valence-electron chi connectivity index (χ0n) is 12.3. The third-order valence-corrected chi connectivity index (χ3v) is 3.04. The molecule has 0 aromatic heterocycles. The van der Waals surface area contributed by atoms with Gasteiger partial charge in [0.15, 0.2) is 0 Å². The second-order valence-electron chi connectivity index (χ2n) is 5.89. The summed E-state index contributed by atoms with van der Waals surface area (Å²) in [5.74, 6) is -0.129. The molecule has 1 atom stereocenters. The maximum atomic E-state index is 12.1. The first-order chi connectivity index (χ1) is 8.74. The molecule has 0 N–H and O–H groups in total. The summed E-state index contributed by atoms with van der Waals surface area (Å²) in [6.45, 7) is 10.2. The molecule has 0 unspecified atom stereocenters. The summed E-state index contributed by atoms with van der Waals surface area (Å²) in [5.41, 5.74) is -0.493. The first-order valence-electron chi connectivity index (χ1n) is 6.61. The van der Waals surface area contributed by atoms with Gasteiger partial charge in [-0.3, -0.25) is 4.79 Å². The van der Waals surface area contributed by atoms with E-state index in [-0.39, 0.29) is 18.0 Å². The molecule has 5 heteroatoms. The minimum absolute atomic E-state index is 0.0312. The van der Waals surface area contributed by atoms with Crippen LogP contribution in [0.2, 0.25) is 0 Å². The summed E-state index contributed by atoms with van der Waals surface area (Å²) in [7, 11) is 1.72. The molecule has 1 aliphatic rings. The highest BCUT2D eigenvalue weighted by Gasteiger charge is 2.33. The van der Waals surface area contributed by atoms with Crippen LogP contribution in [0.1, 0.15) is 33.6 Å². The number of amides is 2. The van der Waals surface area contributed by atoms with Crippen LogP contribution in [0.4, 0.5) is 4.79 Å². The Kier molecular flexibility index (Phi) is 4.97. The molecule has 0 aliphatic carbocycles. The van der Waals surface area contributed by atoms with Gasteiger partial charge in [-0.2, -0.15) is 0 Å². The number of hydrogen-bond acceptors (Lipinski definition) is 3. The van der Waals surface area contributed by atoms with Crippen LogP contribution >= 0.6 is 0 Å². The Morgan fingerprint density at radius 2 is 2.11 bits per heavy atom. The second kappa shape index (κ2) is 6.08. The van der Waals surface area contributed by atoms with E-state index in [1.54, 1.807) is 16.8 Å². The molecular weight excluding hydrogens is 244 g/mol. The van der Waals surface area contributed by atoms with Gasteiger partial charge in [-0.25, -0.2) is 4.79 Å². The van der Waals surface area contributed by atoms with Crippen molar-refractivity contribution in [2.75, 3.05) is 20.1 Å². The van der Waals surface area contributed by atoms with Gasteiger partial charge in [0, 0.05) is 20.1 Å². The van der Waals surface area contributed by atoms with E-state index in [4.69, 9.17) is 4.74 Å². The predicted molar refractivity (Wildman–Crippen MR) is 73.8 cm³/mol. The van der Waals surface area contributed by atoms with Crippen LogP contribution in [0.5, 0.6) is 0 Å². The van der Waals surface area contributed by atoms with Crippen LogP contribution < -0.4 is 0 Å². The fourth-order valence-electron chi connectivity index (χ4n) is 2.15. The minimum Gasteiger partial charge on any atom is -0.444 e. The lowest BCUT2D eigenvalue weighted by Crippen LogP contribution is -2.45. The van der Waals surface area contributed by atoms with Crippen molar-refractivity contribution in [2.24, 2.45) is 0 Å². The average molecular weight is 268 g/mol. The van der Waals surface area contributed by atoms with Crippen molar-refractivity contribution < 1.29 is 14.3 Å². The predicted octanol–water partition coefficient (Wildman–Crippen LogP) is 2.03. The lowest BCUT2D eigenvalue weighted by atomic mass is 10.2. The normalized spacial score (nSPS) is 19.2. The Balaban J connectivity index is 2.61. The van der Waals surface area contributed by atoms with Crippen molar-refractivity contribution in [3.8, 4) is 0 Å². The number of hydrogen-bond donors (Lipinski definition) is 0. The molecule has 0 aromatic carbocycles. The van der Waals surface area contributed by atoms with E-state index in [0.717, 1.165) is 12.8 Å². The van der Waals surface area contributed by atoms with Crippen molar-refractivity contribution in [1.29, 1.82) is 0 Å². The molecule has 1 heterocycles. The Bertz CT molecular complexity index is 360. The number of carbonyl (C=O) groups excluding carboxylic acids is 2. The monoisotopic (exact) mass is 268 g/mol. The van der Waals surface area contributed by atoms with Crippen LogP contribution in [0.15, 0.2) is 12.7 Å². The van der Waals surface area contributed by atoms with E-state index >= 15 is 0 Å². The third-order valence-electron chi connectivity index (χ3n) is 3.04. The van der Waals surface area contributed by atoms with Gasteiger partial charge in [0.2, 0.25) is 5.91 Å². The number of rotatable bonds is 3. The highest BCUT2D eigenvalue weighted by atomic mass is 16.6. The molecule has 0 radical (unpaired) electrons. The van der Waals surface area contributed by atoms with Crippen LogP contribution in [0.25, 0.3) is 0 Å². The summed E-state index contributed by atoms with van der Waals surface area (Å²) in [5, 5.41) is 0. The van der Waals surface area contributed by atoms with E-state index < -0.39 is 5.60 Å². The van der Waals surface area contributed by atoms with Crippen LogP contribution in [-0.4, -0.2) is 53.6 Å². The van der Waals surface area contributed by atoms with E-state index in [9.17, 15) is 9.59 Å². The van der Waals surface area contributed by atoms with E-state index in [0.29, 0.717) is 13.1 Å². The van der Waals surface area contributed by atoms with Gasteiger partial charge in [0.25, 0.3) is 0 Å². The molecule has 2 amide bonds. The van der Waals surface area contributed by atoms with E-state index in [1.807, 2.05) is 20.8 Å². The molecule has 1 aliphatic heterocycles. The molecule has 108 valence electrons. The van der Waals surface area contributed by atoms with Gasteiger partial charge in [0.05, 0.1) is 6.04 Å². The topological polar surface area (TPSA) is 49.9 Å². The van der Waals surface area contributed by atoms with Gasteiger partial charge in [-0.05, 0) is 39.7 Å². The first kappa shape index (κ1) is 15.5. The fourth-order valence-corrected chi connectivity index (χ4v) is 2.15. The molecule has 1 saturated heterocycles. The van der Waals surface area contributed by atoms with Crippen LogP contribution in [0, 0.1) is 0 Å². The zero-order valence-corrected chi connectivity index (χ0v) is 12.3. The molecule has 0 aromatic rings. The SMILES string of the molecule is C=CC(=O)N(C)C[C@@H]1CCCN1C(=O)OC(C)(C)C. The number of ether oxygens (including phenoxy) is 1. The third kappa shape index (κ3) is 4.58. The number of likely N-dealkylation sites (tertiary alicyclic amines) is 1. The largest absolute Gasteiger partial charge is 0.444 e. The fraction of sp³-hybridized carbons (Fsp3) is 0.714. The van der Waals surface area contributed by atoms with Crippen LogP contribution in [-0.2, 0) is 9.53 Å². The molecular formula is C14H24N2O3. The van der Waals surface area contributed by atoms with Gasteiger partial charge in [-0.15, -0.1) is 0 Å². The standard InChI is InChI=1S/C14H24N2O3/c1-6-12(17)15(5)10-11-8-7-9-16(11)13(18)19-14(2,3)4/h6,11H,1,7-10H2,2-5H3/t11-/m0/s1.